The van der Waals surface area contributed by atoms with Gasteiger partial charge in [-0.05, 0) is 60.7 Å². The summed E-state index contributed by atoms with van der Waals surface area (Å²) in [6, 6.07) is 13.2. The van der Waals surface area contributed by atoms with Crippen LogP contribution in [0.4, 0.5) is 26.3 Å². The Hall–Kier alpha value is -3.34. The number of carbonyl (C=O) groups excluding carboxylic acids is 1. The van der Waals surface area contributed by atoms with Crippen LogP contribution in [0.2, 0.25) is 0 Å². The van der Waals surface area contributed by atoms with Gasteiger partial charge in [0.1, 0.15) is 12.1 Å². The SMILES string of the molecule is CCC(C)(CC)C(=O)/C=C(\O)C(C)(CC)CC.Cc1[c-]c(-c2ncnc3c(C(F)(F)F)c4c(ccc5sc(CC(C)(C)C(F)(F)F)cc54)cc23)cc(C)c1.[Ir]. The van der Waals surface area contributed by atoms with Gasteiger partial charge in [-0.25, -0.2) is 4.98 Å². The summed E-state index contributed by atoms with van der Waals surface area (Å²) in [5.74, 6) is 0.286. The molecular weight excluding hydrogens is 915 g/mol. The predicted octanol–water partition coefficient (Wildman–Crippen LogP) is 13.9. The first-order valence-corrected chi connectivity index (χ1v) is 19.0. The Morgan fingerprint density at radius 3 is 1.96 bits per heavy atom. The van der Waals surface area contributed by atoms with Gasteiger partial charge in [0.15, 0.2) is 5.78 Å². The van der Waals surface area contributed by atoms with Crippen molar-refractivity contribution in [1.82, 2.24) is 9.97 Å². The monoisotopic (exact) mass is 964 g/mol. The predicted molar refractivity (Wildman–Crippen MR) is 208 cm³/mol. The van der Waals surface area contributed by atoms with Gasteiger partial charge >= 0.3 is 12.4 Å². The van der Waals surface area contributed by atoms with E-state index >= 15 is 0 Å². The number of hydrogen-bond acceptors (Lipinski definition) is 5. The number of nitrogens with zero attached hydrogens (tertiary/aromatic N) is 2. The van der Waals surface area contributed by atoms with Crippen LogP contribution in [0, 0.1) is 36.2 Å². The van der Waals surface area contributed by atoms with Gasteiger partial charge in [-0.1, -0.05) is 81.4 Å². The zero-order valence-corrected chi connectivity index (χ0v) is 36.1. The third kappa shape index (κ3) is 9.62. The largest absolute Gasteiger partial charge is 0.512 e. The third-order valence-electron chi connectivity index (χ3n) is 11.1. The fourth-order valence-corrected chi connectivity index (χ4v) is 7.71. The normalized spacial score (nSPS) is 13.2. The van der Waals surface area contributed by atoms with Gasteiger partial charge in [-0.2, -0.15) is 26.3 Å². The van der Waals surface area contributed by atoms with Crippen LogP contribution in [0.1, 0.15) is 103 Å². The van der Waals surface area contributed by atoms with Gasteiger partial charge in [0, 0.05) is 57.4 Å². The van der Waals surface area contributed by atoms with Crippen LogP contribution < -0.4 is 0 Å². The molecule has 0 saturated carbocycles. The van der Waals surface area contributed by atoms with Crippen molar-refractivity contribution in [3.63, 3.8) is 0 Å². The summed E-state index contributed by atoms with van der Waals surface area (Å²) in [7, 11) is 0. The van der Waals surface area contributed by atoms with E-state index in [0.29, 0.717) is 26.2 Å². The summed E-state index contributed by atoms with van der Waals surface area (Å²) >= 11 is 1.08. The molecule has 0 bridgehead atoms. The summed E-state index contributed by atoms with van der Waals surface area (Å²) in [4.78, 5) is 20.9. The maximum atomic E-state index is 14.7. The molecule has 4 nitrogen and oxygen atoms in total. The molecule has 0 saturated heterocycles. The van der Waals surface area contributed by atoms with Crippen molar-refractivity contribution >= 4 is 48.9 Å². The molecule has 0 unspecified atom stereocenters. The number of ketones is 1. The van der Waals surface area contributed by atoms with Gasteiger partial charge in [0.05, 0.1) is 16.5 Å². The average molecular weight is 964 g/mol. The minimum Gasteiger partial charge on any atom is -0.512 e. The molecule has 0 spiro atoms. The number of aliphatic hydroxyl groups excluding tert-OH is 1. The van der Waals surface area contributed by atoms with E-state index in [1.807, 2.05) is 67.5 Å². The molecule has 0 amide bonds. The van der Waals surface area contributed by atoms with E-state index in [2.05, 4.69) is 16.0 Å². The quantitative estimate of drug-likeness (QED) is 0.0498. The van der Waals surface area contributed by atoms with E-state index in [0.717, 1.165) is 68.3 Å². The van der Waals surface area contributed by atoms with Crippen LogP contribution in [0.25, 0.3) is 43.0 Å². The second kappa shape index (κ2) is 17.0. The molecular formula is C43H49F6IrN2O2S-. The van der Waals surface area contributed by atoms with E-state index in [1.165, 1.54) is 12.1 Å². The first-order chi connectivity index (χ1) is 24.9. The maximum absolute atomic E-state index is 14.7. The summed E-state index contributed by atoms with van der Waals surface area (Å²) in [6.07, 6.45) is -3.69. The minimum absolute atomic E-state index is 0. The molecule has 1 radical (unpaired) electrons. The molecule has 12 heteroatoms. The fraction of sp³-hybridized carbons (Fsp3) is 0.465. The van der Waals surface area contributed by atoms with Gasteiger partial charge < -0.3 is 5.11 Å². The number of fused-ring (bicyclic) bond motifs is 4. The number of halogens is 6. The number of aromatic nitrogens is 2. The zero-order valence-electron chi connectivity index (χ0n) is 32.9. The van der Waals surface area contributed by atoms with Crippen molar-refractivity contribution in [1.29, 1.82) is 0 Å². The maximum Gasteiger partial charge on any atom is 0.419 e. The van der Waals surface area contributed by atoms with Crippen molar-refractivity contribution in [2.45, 2.75) is 114 Å². The summed E-state index contributed by atoms with van der Waals surface area (Å²) < 4.78 is 84.9. The number of thiophene rings is 1. The molecule has 0 atom stereocenters. The zero-order chi connectivity index (χ0) is 40.6. The average Bonchev–Trinajstić information content (AvgIpc) is 3.50. The molecule has 0 aliphatic carbocycles. The van der Waals surface area contributed by atoms with Crippen molar-refractivity contribution < 1.29 is 56.3 Å². The van der Waals surface area contributed by atoms with Gasteiger partial charge in [0.2, 0.25) is 0 Å². The topological polar surface area (TPSA) is 63.1 Å². The number of aryl methyl sites for hydroxylation is 2. The van der Waals surface area contributed by atoms with Crippen LogP contribution in [-0.2, 0) is 37.5 Å². The number of allylic oxidation sites excluding steroid dienone is 2. The summed E-state index contributed by atoms with van der Waals surface area (Å²) in [6.45, 7) is 18.0. The second-order valence-electron chi connectivity index (χ2n) is 15.4. The van der Waals surface area contributed by atoms with Gasteiger partial charge in [-0.3, -0.25) is 9.78 Å². The molecule has 0 fully saturated rings. The molecule has 301 valence electrons. The van der Waals surface area contributed by atoms with E-state index in [9.17, 15) is 36.2 Å². The second-order valence-corrected chi connectivity index (χ2v) is 16.6. The van der Waals surface area contributed by atoms with Gasteiger partial charge in [0.25, 0.3) is 0 Å². The fourth-order valence-electron chi connectivity index (χ4n) is 6.41. The molecule has 0 aliphatic rings. The van der Waals surface area contributed by atoms with Gasteiger partial charge in [-0.15, -0.1) is 46.2 Å². The Labute approximate surface area is 337 Å². The van der Waals surface area contributed by atoms with Crippen molar-refractivity contribution in [3.8, 4) is 11.3 Å². The number of alkyl halides is 6. The standard InChI is InChI=1S/C28H21F6N2S.C15H28O2.Ir/c1-14-7-15(2)9-17(8-14)24-20-10-16-5-6-21-19(11-18(37-21)12-26(3,4)28(32,33)34)22(16)23(27(29,30)31)25(20)36-13-35-24;1-7-14(5,8-2)12(16)11-13(17)15(6,9-3)10-4;/h5-8,10-11,13H,12H2,1-4H3;11,16H,7-10H2,1-6H3;/q-1;;/b;12-11-;. The molecule has 5 aromatic rings. The van der Waals surface area contributed by atoms with Crippen LogP contribution in [0.3, 0.4) is 0 Å². The Bertz CT molecular complexity index is 2180. The van der Waals surface area contributed by atoms with E-state index < -0.39 is 23.3 Å². The van der Waals surface area contributed by atoms with E-state index in [4.69, 9.17) is 0 Å². The summed E-state index contributed by atoms with van der Waals surface area (Å²) in [5.41, 5.74) is -1.15. The molecule has 2 heterocycles. The molecule has 5 rings (SSSR count). The number of hydrogen-bond donors (Lipinski definition) is 1. The number of aliphatic hydroxyl groups is 1. The smallest absolute Gasteiger partial charge is 0.419 e. The molecule has 0 aliphatic heterocycles. The summed E-state index contributed by atoms with van der Waals surface area (Å²) in [5, 5.41) is 10.9. The Kier molecular flexibility index (Phi) is 14.3. The number of rotatable bonds is 10. The number of benzene rings is 3. The Morgan fingerprint density at radius 1 is 0.836 bits per heavy atom. The van der Waals surface area contributed by atoms with Crippen molar-refractivity contribution in [2.24, 2.45) is 16.2 Å². The third-order valence-corrected chi connectivity index (χ3v) is 12.2. The van der Waals surface area contributed by atoms with E-state index in [-0.39, 0.29) is 70.6 Å². The minimum atomic E-state index is -4.77. The van der Waals surface area contributed by atoms with Crippen LogP contribution >= 0.6 is 11.3 Å². The molecule has 2 aromatic heterocycles. The number of carbonyl (C=O) groups is 1. The first kappa shape index (κ1) is 46.0. The first-order valence-electron chi connectivity index (χ1n) is 18.2. The van der Waals surface area contributed by atoms with E-state index in [1.54, 1.807) is 18.2 Å². The van der Waals surface area contributed by atoms with Crippen LogP contribution in [0.5, 0.6) is 0 Å². The Morgan fingerprint density at radius 2 is 1.44 bits per heavy atom. The Balaban J connectivity index is 0.000000385. The van der Waals surface area contributed by atoms with Crippen LogP contribution in [-0.4, -0.2) is 27.0 Å². The molecule has 1 N–H and O–H groups in total. The molecule has 3 aromatic carbocycles. The van der Waals surface area contributed by atoms with Crippen molar-refractivity contribution in [2.75, 3.05) is 0 Å². The van der Waals surface area contributed by atoms with Crippen molar-refractivity contribution in [3.05, 3.63) is 82.2 Å². The van der Waals surface area contributed by atoms with Crippen LogP contribution in [0.15, 0.2) is 54.6 Å². The molecule has 55 heavy (non-hydrogen) atoms.